The molecular formula is C19H26N2O4. The van der Waals surface area contributed by atoms with Crippen LogP contribution >= 0.6 is 0 Å². The van der Waals surface area contributed by atoms with E-state index in [2.05, 4.69) is 4.90 Å². The predicted molar refractivity (Wildman–Crippen MR) is 90.8 cm³/mol. The van der Waals surface area contributed by atoms with E-state index in [0.29, 0.717) is 25.3 Å². The Morgan fingerprint density at radius 2 is 1.96 bits per heavy atom. The number of piperazine rings is 1. The zero-order chi connectivity index (χ0) is 18.2. The van der Waals surface area contributed by atoms with Crippen LogP contribution in [0.25, 0.3) is 0 Å². The van der Waals surface area contributed by atoms with Gasteiger partial charge < -0.3 is 14.6 Å². The van der Waals surface area contributed by atoms with Crippen molar-refractivity contribution in [2.75, 3.05) is 32.7 Å². The van der Waals surface area contributed by atoms with Crippen molar-refractivity contribution in [3.63, 3.8) is 0 Å². The standard InChI is InChI=1S/C19H26N2O4/c1-19(2,3)21(18(23)24)10-8-20(9-11-21)7-6-14-4-5-16-15(12-14)13-25-17(16)22/h4-5,12H,6-11,13H2,1-3H3. The fourth-order valence-electron chi connectivity index (χ4n) is 3.83. The summed E-state index contributed by atoms with van der Waals surface area (Å²) in [5.74, 6) is -0.240. The number of cyclic esters (lactones) is 1. The first-order chi connectivity index (χ1) is 11.7. The van der Waals surface area contributed by atoms with Crippen molar-refractivity contribution >= 4 is 12.1 Å². The molecule has 0 spiro atoms. The Kier molecular flexibility index (Phi) is 4.60. The van der Waals surface area contributed by atoms with Crippen molar-refractivity contribution in [3.05, 3.63) is 34.9 Å². The van der Waals surface area contributed by atoms with Crippen LogP contribution < -0.4 is 5.11 Å². The fourth-order valence-corrected chi connectivity index (χ4v) is 3.83. The number of ether oxygens (including phenoxy) is 1. The molecule has 0 atom stereocenters. The van der Waals surface area contributed by atoms with Gasteiger partial charge in [0.25, 0.3) is 6.09 Å². The third-order valence-electron chi connectivity index (χ3n) is 5.69. The Morgan fingerprint density at radius 3 is 2.56 bits per heavy atom. The number of carbonyl (C=O) groups excluding carboxylic acids is 2. The summed E-state index contributed by atoms with van der Waals surface area (Å²) >= 11 is 0. The van der Waals surface area contributed by atoms with Gasteiger partial charge in [0.1, 0.15) is 6.61 Å². The number of rotatable bonds is 3. The summed E-state index contributed by atoms with van der Waals surface area (Å²) in [5.41, 5.74) is 2.45. The molecule has 1 aromatic carbocycles. The van der Waals surface area contributed by atoms with Crippen molar-refractivity contribution in [1.82, 2.24) is 4.90 Å². The van der Waals surface area contributed by atoms with Crippen LogP contribution in [0.15, 0.2) is 18.2 Å². The SMILES string of the molecule is CC(C)(C)[N+]1(C(=O)[O-])CCN(CCc2ccc3c(c2)COC3=O)CC1. The number of hydrogen-bond donors (Lipinski definition) is 0. The third kappa shape index (κ3) is 3.28. The van der Waals surface area contributed by atoms with Crippen LogP contribution in [0, 0.1) is 0 Å². The Morgan fingerprint density at radius 1 is 1.28 bits per heavy atom. The number of nitrogens with zero attached hydrogens (tertiary/aromatic N) is 2. The van der Waals surface area contributed by atoms with Crippen LogP contribution in [0.5, 0.6) is 0 Å². The minimum Gasteiger partial charge on any atom is -0.498 e. The van der Waals surface area contributed by atoms with Gasteiger partial charge in [-0.1, -0.05) is 12.1 Å². The van der Waals surface area contributed by atoms with E-state index in [-0.39, 0.29) is 16.0 Å². The van der Waals surface area contributed by atoms with E-state index in [1.54, 1.807) is 0 Å². The molecule has 3 rings (SSSR count). The van der Waals surface area contributed by atoms with E-state index in [4.69, 9.17) is 4.74 Å². The first-order valence-electron chi connectivity index (χ1n) is 8.83. The predicted octanol–water partition coefficient (Wildman–Crippen LogP) is 1.17. The molecule has 6 nitrogen and oxygen atoms in total. The monoisotopic (exact) mass is 346 g/mol. The molecule has 1 amide bonds. The highest BCUT2D eigenvalue weighted by Gasteiger charge is 2.44. The van der Waals surface area contributed by atoms with Gasteiger partial charge >= 0.3 is 5.97 Å². The second-order valence-electron chi connectivity index (χ2n) is 8.01. The molecule has 0 N–H and O–H groups in total. The normalized spacial score (nSPS) is 20.2. The van der Waals surface area contributed by atoms with Crippen molar-refractivity contribution < 1.29 is 23.9 Å². The van der Waals surface area contributed by atoms with E-state index < -0.39 is 6.09 Å². The maximum Gasteiger partial charge on any atom is 0.338 e. The highest BCUT2D eigenvalue weighted by Crippen LogP contribution is 2.27. The van der Waals surface area contributed by atoms with Gasteiger partial charge in [-0.2, -0.15) is 0 Å². The van der Waals surface area contributed by atoms with Gasteiger partial charge in [-0.25, -0.2) is 4.79 Å². The average Bonchev–Trinajstić information content (AvgIpc) is 2.93. The second-order valence-corrected chi connectivity index (χ2v) is 8.01. The molecule has 0 aromatic heterocycles. The molecule has 2 heterocycles. The zero-order valence-electron chi connectivity index (χ0n) is 15.2. The fraction of sp³-hybridized carbons (Fsp3) is 0.579. The first kappa shape index (κ1) is 17.9. The molecule has 1 aromatic rings. The molecule has 6 heteroatoms. The van der Waals surface area contributed by atoms with Crippen molar-refractivity contribution in [1.29, 1.82) is 0 Å². The first-order valence-corrected chi connectivity index (χ1v) is 8.83. The molecule has 0 saturated carbocycles. The number of carbonyl (C=O) groups is 2. The number of amides is 1. The van der Waals surface area contributed by atoms with Crippen LogP contribution in [0.4, 0.5) is 4.79 Å². The molecule has 1 fully saturated rings. The topological polar surface area (TPSA) is 69.7 Å². The third-order valence-corrected chi connectivity index (χ3v) is 5.69. The maximum absolute atomic E-state index is 11.7. The smallest absolute Gasteiger partial charge is 0.338 e. The summed E-state index contributed by atoms with van der Waals surface area (Å²) in [5, 5.41) is 11.7. The molecule has 0 aliphatic carbocycles. The lowest BCUT2D eigenvalue weighted by Gasteiger charge is -2.52. The molecule has 0 radical (unpaired) electrons. The number of hydrogen-bond acceptors (Lipinski definition) is 5. The molecule has 2 aliphatic rings. The summed E-state index contributed by atoms with van der Waals surface area (Å²) in [7, 11) is 0. The lowest BCUT2D eigenvalue weighted by molar-refractivity contribution is -0.923. The van der Waals surface area contributed by atoms with Gasteiger partial charge in [-0.3, -0.25) is 9.38 Å². The second kappa shape index (κ2) is 6.42. The molecular weight excluding hydrogens is 320 g/mol. The van der Waals surface area contributed by atoms with E-state index >= 15 is 0 Å². The lowest BCUT2D eigenvalue weighted by Crippen LogP contribution is -2.73. The number of benzene rings is 1. The minimum atomic E-state index is -0.976. The largest absolute Gasteiger partial charge is 0.498 e. The molecule has 2 aliphatic heterocycles. The molecule has 136 valence electrons. The highest BCUT2D eigenvalue weighted by atomic mass is 16.5. The van der Waals surface area contributed by atoms with Crippen LogP contribution in [0.1, 0.15) is 42.3 Å². The summed E-state index contributed by atoms with van der Waals surface area (Å²) in [6.45, 7) is 9.77. The number of fused-ring (bicyclic) bond motifs is 1. The highest BCUT2D eigenvalue weighted by molar-refractivity contribution is 5.93. The molecule has 0 bridgehead atoms. The number of esters is 1. The Labute approximate surface area is 148 Å². The van der Waals surface area contributed by atoms with E-state index in [0.717, 1.165) is 31.6 Å². The Hall–Kier alpha value is -1.92. The van der Waals surface area contributed by atoms with Crippen LogP contribution in [0.2, 0.25) is 0 Å². The van der Waals surface area contributed by atoms with Crippen molar-refractivity contribution in [2.24, 2.45) is 0 Å². The summed E-state index contributed by atoms with van der Waals surface area (Å²) in [4.78, 5) is 25.5. The van der Waals surface area contributed by atoms with E-state index in [1.807, 2.05) is 39.0 Å². The van der Waals surface area contributed by atoms with Crippen LogP contribution in [0.3, 0.4) is 0 Å². The molecule has 1 saturated heterocycles. The van der Waals surface area contributed by atoms with Gasteiger partial charge in [0, 0.05) is 25.2 Å². The summed E-state index contributed by atoms with van der Waals surface area (Å²) in [6.07, 6.45) is -0.0992. The van der Waals surface area contributed by atoms with E-state index in [1.165, 1.54) is 5.56 Å². The molecule has 25 heavy (non-hydrogen) atoms. The average molecular weight is 346 g/mol. The quantitative estimate of drug-likeness (QED) is 0.607. The maximum atomic E-state index is 11.7. The van der Waals surface area contributed by atoms with Crippen molar-refractivity contribution in [3.8, 4) is 0 Å². The molecule has 0 unspecified atom stereocenters. The van der Waals surface area contributed by atoms with Gasteiger partial charge in [-0.05, 0) is 38.8 Å². The van der Waals surface area contributed by atoms with Gasteiger partial charge in [-0.15, -0.1) is 0 Å². The van der Waals surface area contributed by atoms with Gasteiger partial charge in [0.2, 0.25) is 0 Å². The van der Waals surface area contributed by atoms with Gasteiger partial charge in [0.05, 0.1) is 24.2 Å². The Bertz CT molecular complexity index is 685. The minimum absolute atomic E-state index is 0.0157. The number of quaternary nitrogens is 1. The Balaban J connectivity index is 1.58. The summed E-state index contributed by atoms with van der Waals surface area (Å²) in [6, 6.07) is 5.86. The lowest BCUT2D eigenvalue weighted by atomic mass is 9.99. The van der Waals surface area contributed by atoms with Crippen LogP contribution in [-0.2, 0) is 17.8 Å². The zero-order valence-corrected chi connectivity index (χ0v) is 15.2. The van der Waals surface area contributed by atoms with E-state index in [9.17, 15) is 14.7 Å². The van der Waals surface area contributed by atoms with Gasteiger partial charge in [0.15, 0.2) is 0 Å². The summed E-state index contributed by atoms with van der Waals surface area (Å²) < 4.78 is 5.05. The number of carboxylic acid groups (broad SMARTS) is 1. The van der Waals surface area contributed by atoms with Crippen LogP contribution in [-0.4, -0.2) is 59.7 Å². The van der Waals surface area contributed by atoms with Crippen molar-refractivity contribution in [2.45, 2.75) is 39.3 Å².